The highest BCUT2D eigenvalue weighted by atomic mass is 35.5. The van der Waals surface area contributed by atoms with Gasteiger partial charge in [0.1, 0.15) is 5.82 Å². The van der Waals surface area contributed by atoms with Crippen molar-refractivity contribution in [1.82, 2.24) is 0 Å². The third-order valence-electron chi connectivity index (χ3n) is 2.03. The van der Waals surface area contributed by atoms with Gasteiger partial charge in [-0.15, -0.1) is 0 Å². The Kier molecular flexibility index (Phi) is 3.29. The van der Waals surface area contributed by atoms with Gasteiger partial charge in [0, 0.05) is 5.56 Å². The van der Waals surface area contributed by atoms with Crippen molar-refractivity contribution in [3.8, 4) is 0 Å². The molecule has 0 bridgehead atoms. The van der Waals surface area contributed by atoms with Crippen LogP contribution in [0.3, 0.4) is 0 Å². The first kappa shape index (κ1) is 11.9. The minimum atomic E-state index is -2.33. The molecule has 0 spiro atoms. The Bertz CT molecular complexity index is 391. The Morgan fingerprint density at radius 3 is 2.60 bits per heavy atom. The lowest BCUT2D eigenvalue weighted by Gasteiger charge is -2.17. The molecule has 1 rings (SSSR count). The number of halogens is 3. The van der Waals surface area contributed by atoms with Crippen molar-refractivity contribution in [2.24, 2.45) is 0 Å². The fourth-order valence-electron chi connectivity index (χ4n) is 1.10. The maximum atomic E-state index is 13.9. The molecule has 82 valence electrons. The van der Waals surface area contributed by atoms with Crippen LogP contribution in [0.1, 0.15) is 12.5 Å². The molecule has 15 heavy (non-hydrogen) atoms. The maximum Gasteiger partial charge on any atom is 0.348 e. The first-order valence-corrected chi connectivity index (χ1v) is 4.50. The molecular weight excluding hydrogens is 226 g/mol. The van der Waals surface area contributed by atoms with Crippen molar-refractivity contribution in [1.29, 1.82) is 0 Å². The van der Waals surface area contributed by atoms with Gasteiger partial charge in [0.2, 0.25) is 5.67 Å². The summed E-state index contributed by atoms with van der Waals surface area (Å²) in [4.78, 5) is 11.1. The first-order valence-electron chi connectivity index (χ1n) is 4.12. The molecule has 1 aromatic rings. The van der Waals surface area contributed by atoms with Crippen LogP contribution < -0.4 is 0 Å². The minimum absolute atomic E-state index is 0.0410. The minimum Gasteiger partial charge on any atom is -0.466 e. The van der Waals surface area contributed by atoms with E-state index in [2.05, 4.69) is 4.74 Å². The molecule has 0 amide bonds. The average molecular weight is 235 g/mol. The smallest absolute Gasteiger partial charge is 0.348 e. The Labute approximate surface area is 90.8 Å². The summed E-state index contributed by atoms with van der Waals surface area (Å²) in [7, 11) is 1.07. The molecule has 0 aromatic heterocycles. The normalized spacial score (nSPS) is 14.5. The van der Waals surface area contributed by atoms with Crippen LogP contribution in [0, 0.1) is 5.82 Å². The van der Waals surface area contributed by atoms with E-state index in [1.807, 2.05) is 0 Å². The molecule has 1 unspecified atom stereocenters. The number of rotatable bonds is 2. The van der Waals surface area contributed by atoms with Gasteiger partial charge in [-0.2, -0.15) is 0 Å². The zero-order valence-corrected chi connectivity index (χ0v) is 8.94. The van der Waals surface area contributed by atoms with Gasteiger partial charge in [-0.1, -0.05) is 17.7 Å². The molecule has 0 fully saturated rings. The third-order valence-corrected chi connectivity index (χ3v) is 2.32. The monoisotopic (exact) mass is 234 g/mol. The molecule has 0 N–H and O–H groups in total. The average Bonchev–Trinajstić information content (AvgIpc) is 2.20. The van der Waals surface area contributed by atoms with Crippen LogP contribution in [-0.4, -0.2) is 13.1 Å². The molecule has 5 heteroatoms. The van der Waals surface area contributed by atoms with E-state index in [0.717, 1.165) is 32.2 Å². The molecule has 1 aromatic carbocycles. The predicted molar refractivity (Wildman–Crippen MR) is 51.9 cm³/mol. The van der Waals surface area contributed by atoms with Gasteiger partial charge < -0.3 is 4.74 Å². The van der Waals surface area contributed by atoms with Crippen molar-refractivity contribution in [2.75, 3.05) is 7.11 Å². The summed E-state index contributed by atoms with van der Waals surface area (Å²) in [5.74, 6) is -1.72. The zero-order valence-electron chi connectivity index (χ0n) is 8.18. The summed E-state index contributed by atoms with van der Waals surface area (Å²) in [5, 5.41) is -0.236. The molecule has 0 aliphatic carbocycles. The Morgan fingerprint density at radius 1 is 1.53 bits per heavy atom. The van der Waals surface area contributed by atoms with Crippen molar-refractivity contribution in [2.45, 2.75) is 12.6 Å². The van der Waals surface area contributed by atoms with E-state index >= 15 is 0 Å². The summed E-state index contributed by atoms with van der Waals surface area (Å²) < 4.78 is 31.0. The molecule has 0 heterocycles. The molecule has 0 saturated carbocycles. The summed E-state index contributed by atoms with van der Waals surface area (Å²) in [5.41, 5.74) is -2.37. The molecule has 0 aliphatic heterocycles. The van der Waals surface area contributed by atoms with Crippen LogP contribution in [0.5, 0.6) is 0 Å². The summed E-state index contributed by atoms with van der Waals surface area (Å²) in [6, 6.07) is 3.21. The van der Waals surface area contributed by atoms with Crippen LogP contribution >= 0.6 is 11.6 Å². The van der Waals surface area contributed by atoms with Crippen LogP contribution in [0.4, 0.5) is 8.78 Å². The van der Waals surface area contributed by atoms with Gasteiger partial charge >= 0.3 is 5.97 Å². The van der Waals surface area contributed by atoms with Gasteiger partial charge in [-0.25, -0.2) is 13.6 Å². The maximum absolute atomic E-state index is 13.9. The lowest BCUT2D eigenvalue weighted by Crippen LogP contribution is -2.28. The lowest BCUT2D eigenvalue weighted by atomic mass is 9.98. The zero-order chi connectivity index (χ0) is 11.6. The summed E-state index contributed by atoms with van der Waals surface area (Å²) >= 11 is 5.47. The molecule has 0 saturated heterocycles. The first-order chi connectivity index (χ1) is 6.89. The number of carbonyl (C=O) groups excluding carboxylic acids is 1. The molecule has 0 radical (unpaired) electrons. The summed E-state index contributed by atoms with van der Waals surface area (Å²) in [6.07, 6.45) is 0. The van der Waals surface area contributed by atoms with Crippen molar-refractivity contribution in [3.05, 3.63) is 34.6 Å². The van der Waals surface area contributed by atoms with E-state index in [1.54, 1.807) is 0 Å². The second-order valence-corrected chi connectivity index (χ2v) is 3.53. The quantitative estimate of drug-likeness (QED) is 0.736. The fraction of sp³-hybridized carbons (Fsp3) is 0.300. The van der Waals surface area contributed by atoms with Crippen LogP contribution in [0.25, 0.3) is 0 Å². The number of carbonyl (C=O) groups is 1. The molecule has 1 atom stereocenters. The van der Waals surface area contributed by atoms with Crippen molar-refractivity contribution >= 4 is 17.6 Å². The third kappa shape index (κ3) is 2.26. The highest BCUT2D eigenvalue weighted by molar-refractivity contribution is 6.30. The van der Waals surface area contributed by atoms with E-state index in [0.29, 0.717) is 0 Å². The Balaban J connectivity index is 3.16. The molecule has 2 nitrogen and oxygen atoms in total. The van der Waals surface area contributed by atoms with Crippen molar-refractivity contribution in [3.63, 3.8) is 0 Å². The SMILES string of the molecule is COC(=O)C(C)(F)c1ccc(F)c(Cl)c1. The van der Waals surface area contributed by atoms with Crippen LogP contribution in [0.2, 0.25) is 5.02 Å². The Morgan fingerprint density at radius 2 is 2.13 bits per heavy atom. The van der Waals surface area contributed by atoms with Crippen LogP contribution in [0.15, 0.2) is 18.2 Å². The van der Waals surface area contributed by atoms with Crippen LogP contribution in [-0.2, 0) is 15.2 Å². The molecular formula is C10H9ClF2O2. The van der Waals surface area contributed by atoms with Gasteiger partial charge in [0.25, 0.3) is 0 Å². The number of hydrogen-bond donors (Lipinski definition) is 0. The van der Waals surface area contributed by atoms with Gasteiger partial charge in [-0.3, -0.25) is 0 Å². The number of methoxy groups -OCH3 is 1. The Hall–Kier alpha value is -1.16. The lowest BCUT2D eigenvalue weighted by molar-refractivity contribution is -0.154. The predicted octanol–water partition coefficient (Wildman–Crippen LogP) is 2.84. The standard InChI is InChI=1S/C10H9ClF2O2/c1-10(13,9(14)15-2)6-3-4-8(12)7(11)5-6/h3-5H,1-2H3. The van der Waals surface area contributed by atoms with E-state index in [4.69, 9.17) is 11.6 Å². The van der Waals surface area contributed by atoms with Gasteiger partial charge in [-0.05, 0) is 19.1 Å². The van der Waals surface area contributed by atoms with Crippen molar-refractivity contribution < 1.29 is 18.3 Å². The van der Waals surface area contributed by atoms with E-state index in [9.17, 15) is 13.6 Å². The topological polar surface area (TPSA) is 26.3 Å². The number of benzene rings is 1. The highest BCUT2D eigenvalue weighted by Crippen LogP contribution is 2.29. The molecule has 0 aliphatic rings. The summed E-state index contributed by atoms with van der Waals surface area (Å²) in [6.45, 7) is 1.03. The largest absolute Gasteiger partial charge is 0.466 e. The van der Waals surface area contributed by atoms with Gasteiger partial charge in [0.05, 0.1) is 12.1 Å². The fourth-order valence-corrected chi connectivity index (χ4v) is 1.28. The second-order valence-electron chi connectivity index (χ2n) is 3.12. The number of alkyl halides is 1. The highest BCUT2D eigenvalue weighted by Gasteiger charge is 2.36. The number of ether oxygens (including phenoxy) is 1. The second kappa shape index (κ2) is 4.14. The number of esters is 1. The van der Waals surface area contributed by atoms with E-state index in [1.165, 1.54) is 0 Å². The van der Waals surface area contributed by atoms with Gasteiger partial charge in [0.15, 0.2) is 0 Å². The van der Waals surface area contributed by atoms with E-state index in [-0.39, 0.29) is 10.6 Å². The number of hydrogen-bond acceptors (Lipinski definition) is 2. The van der Waals surface area contributed by atoms with E-state index < -0.39 is 17.5 Å².